The number of aromatic hydroxyl groups is 1. The van der Waals surface area contributed by atoms with Crippen LogP contribution >= 0.6 is 0 Å². The van der Waals surface area contributed by atoms with Crippen molar-refractivity contribution in [3.8, 4) is 5.75 Å². The van der Waals surface area contributed by atoms with Gasteiger partial charge in [0.05, 0.1) is 0 Å². The van der Waals surface area contributed by atoms with E-state index in [1.807, 2.05) is 0 Å². The molecule has 1 fully saturated rings. The highest BCUT2D eigenvalue weighted by Crippen LogP contribution is 2.22. The van der Waals surface area contributed by atoms with E-state index in [4.69, 9.17) is 15.6 Å². The Labute approximate surface area is 100 Å². The molecule has 0 spiro atoms. The van der Waals surface area contributed by atoms with E-state index in [0.29, 0.717) is 6.42 Å². The molecule has 1 aliphatic carbocycles. The number of esters is 1. The van der Waals surface area contributed by atoms with Gasteiger partial charge in [-0.15, -0.1) is 0 Å². The molecule has 0 radical (unpaired) electrons. The summed E-state index contributed by atoms with van der Waals surface area (Å²) in [6, 6.07) is 6.05. The lowest BCUT2D eigenvalue weighted by atomic mass is 9.96. The van der Waals surface area contributed by atoms with Crippen LogP contribution in [-0.4, -0.2) is 23.2 Å². The van der Waals surface area contributed by atoms with E-state index in [-0.39, 0.29) is 17.8 Å². The van der Waals surface area contributed by atoms with Crippen LogP contribution in [0.15, 0.2) is 24.3 Å². The third-order valence-corrected chi connectivity index (χ3v) is 3.03. The smallest absolute Gasteiger partial charge is 0.323 e. The van der Waals surface area contributed by atoms with Gasteiger partial charge >= 0.3 is 5.97 Å². The van der Waals surface area contributed by atoms with Crippen LogP contribution in [-0.2, 0) is 16.0 Å². The molecule has 2 rings (SSSR count). The number of phenolic OH excluding ortho intramolecular Hbond substituents is 1. The average molecular weight is 235 g/mol. The van der Waals surface area contributed by atoms with Crippen molar-refractivity contribution in [3.63, 3.8) is 0 Å². The normalized spacial score (nSPS) is 17.2. The summed E-state index contributed by atoms with van der Waals surface area (Å²) >= 11 is 0. The van der Waals surface area contributed by atoms with Crippen molar-refractivity contribution >= 4 is 5.97 Å². The number of hydrogen-bond donors (Lipinski definition) is 2. The molecule has 4 nitrogen and oxygen atoms in total. The van der Waals surface area contributed by atoms with Crippen LogP contribution in [0.3, 0.4) is 0 Å². The van der Waals surface area contributed by atoms with Crippen molar-refractivity contribution < 1.29 is 14.6 Å². The van der Waals surface area contributed by atoms with Crippen molar-refractivity contribution in [2.75, 3.05) is 0 Å². The minimum Gasteiger partial charge on any atom is -0.508 e. The fraction of sp³-hybridized carbons (Fsp3) is 0.462. The van der Waals surface area contributed by atoms with E-state index in [1.54, 1.807) is 24.3 Å². The van der Waals surface area contributed by atoms with Crippen LogP contribution in [0, 0.1) is 0 Å². The fourth-order valence-electron chi connectivity index (χ4n) is 1.71. The van der Waals surface area contributed by atoms with Crippen molar-refractivity contribution in [2.24, 2.45) is 5.73 Å². The molecule has 1 aliphatic rings. The number of carbonyl (C=O) groups excluding carboxylic acids is 1. The zero-order valence-electron chi connectivity index (χ0n) is 9.63. The van der Waals surface area contributed by atoms with E-state index >= 15 is 0 Å². The van der Waals surface area contributed by atoms with E-state index in [2.05, 4.69) is 0 Å². The predicted octanol–water partition coefficient (Wildman–Crippen LogP) is 1.36. The lowest BCUT2D eigenvalue weighted by molar-refractivity contribution is -0.154. The van der Waals surface area contributed by atoms with Gasteiger partial charge in [0.2, 0.25) is 0 Å². The summed E-state index contributed by atoms with van der Waals surface area (Å²) in [5.41, 5.74) is 6.69. The molecule has 0 aromatic heterocycles. The minimum absolute atomic E-state index is 0.0772. The summed E-state index contributed by atoms with van der Waals surface area (Å²) in [6.07, 6.45) is 3.56. The molecule has 4 heteroatoms. The SMILES string of the molecule is NC(Cc1ccc(O)cc1)C(=O)OC1CCC1. The Morgan fingerprint density at radius 1 is 1.41 bits per heavy atom. The van der Waals surface area contributed by atoms with Crippen LogP contribution in [0.4, 0.5) is 0 Å². The summed E-state index contributed by atoms with van der Waals surface area (Å²) < 4.78 is 5.23. The third-order valence-electron chi connectivity index (χ3n) is 3.03. The van der Waals surface area contributed by atoms with Gasteiger partial charge in [0.25, 0.3) is 0 Å². The highest BCUT2D eigenvalue weighted by molar-refractivity contribution is 5.76. The molecule has 1 aromatic rings. The highest BCUT2D eigenvalue weighted by Gasteiger charge is 2.24. The molecule has 92 valence electrons. The lowest BCUT2D eigenvalue weighted by Crippen LogP contribution is -2.38. The minimum atomic E-state index is -0.625. The molecule has 17 heavy (non-hydrogen) atoms. The molecule has 1 unspecified atom stereocenters. The lowest BCUT2D eigenvalue weighted by Gasteiger charge is -2.26. The Kier molecular flexibility index (Phi) is 3.64. The summed E-state index contributed by atoms with van der Waals surface area (Å²) in [5, 5.41) is 9.14. The Bertz CT molecular complexity index is 384. The first-order valence-electron chi connectivity index (χ1n) is 5.89. The van der Waals surface area contributed by atoms with Gasteiger partial charge in [-0.1, -0.05) is 12.1 Å². The highest BCUT2D eigenvalue weighted by atomic mass is 16.5. The molecule has 1 aromatic carbocycles. The second kappa shape index (κ2) is 5.19. The van der Waals surface area contributed by atoms with E-state index in [0.717, 1.165) is 24.8 Å². The van der Waals surface area contributed by atoms with Crippen molar-refractivity contribution in [1.82, 2.24) is 0 Å². The summed E-state index contributed by atoms with van der Waals surface area (Å²) in [6.45, 7) is 0. The van der Waals surface area contributed by atoms with Gasteiger partial charge in [0.1, 0.15) is 17.9 Å². The molecule has 0 saturated heterocycles. The van der Waals surface area contributed by atoms with Gasteiger partial charge < -0.3 is 15.6 Å². The van der Waals surface area contributed by atoms with Gasteiger partial charge in [0.15, 0.2) is 0 Å². The third kappa shape index (κ3) is 3.20. The Morgan fingerprint density at radius 2 is 2.06 bits per heavy atom. The number of carbonyl (C=O) groups is 1. The predicted molar refractivity (Wildman–Crippen MR) is 63.5 cm³/mol. The van der Waals surface area contributed by atoms with Gasteiger partial charge in [-0.05, 0) is 43.4 Å². The fourth-order valence-corrected chi connectivity index (χ4v) is 1.71. The first-order valence-corrected chi connectivity index (χ1v) is 5.89. The second-order valence-electron chi connectivity index (χ2n) is 4.47. The topological polar surface area (TPSA) is 72.5 Å². The van der Waals surface area contributed by atoms with Crippen molar-refractivity contribution in [2.45, 2.75) is 37.8 Å². The molecule has 0 heterocycles. The molecule has 0 amide bonds. The van der Waals surface area contributed by atoms with Crippen LogP contribution in [0.2, 0.25) is 0 Å². The van der Waals surface area contributed by atoms with Gasteiger partial charge in [-0.3, -0.25) is 4.79 Å². The van der Waals surface area contributed by atoms with Crippen LogP contribution in [0.25, 0.3) is 0 Å². The Balaban J connectivity index is 1.84. The number of ether oxygens (including phenoxy) is 1. The van der Waals surface area contributed by atoms with Gasteiger partial charge in [-0.25, -0.2) is 0 Å². The quantitative estimate of drug-likeness (QED) is 0.773. The summed E-state index contributed by atoms with van der Waals surface area (Å²) in [5.74, 6) is -0.123. The van der Waals surface area contributed by atoms with Crippen molar-refractivity contribution in [3.05, 3.63) is 29.8 Å². The molecule has 1 saturated carbocycles. The van der Waals surface area contributed by atoms with E-state index < -0.39 is 6.04 Å². The first kappa shape index (κ1) is 11.9. The molecule has 1 atom stereocenters. The first-order chi connectivity index (χ1) is 8.15. The number of hydrogen-bond acceptors (Lipinski definition) is 4. The molecular formula is C13H17NO3. The Hall–Kier alpha value is -1.55. The molecular weight excluding hydrogens is 218 g/mol. The number of benzene rings is 1. The maximum Gasteiger partial charge on any atom is 0.323 e. The van der Waals surface area contributed by atoms with Crippen LogP contribution in [0.5, 0.6) is 5.75 Å². The monoisotopic (exact) mass is 235 g/mol. The van der Waals surface area contributed by atoms with E-state index in [1.165, 1.54) is 0 Å². The maximum absolute atomic E-state index is 11.6. The zero-order valence-corrected chi connectivity index (χ0v) is 9.63. The van der Waals surface area contributed by atoms with Crippen molar-refractivity contribution in [1.29, 1.82) is 0 Å². The molecule has 0 aliphatic heterocycles. The van der Waals surface area contributed by atoms with Gasteiger partial charge in [0, 0.05) is 0 Å². The van der Waals surface area contributed by atoms with Crippen LogP contribution < -0.4 is 5.73 Å². The number of nitrogens with two attached hydrogens (primary N) is 1. The molecule has 0 bridgehead atoms. The average Bonchev–Trinajstić information content (AvgIpc) is 2.26. The van der Waals surface area contributed by atoms with E-state index in [9.17, 15) is 4.79 Å². The van der Waals surface area contributed by atoms with Gasteiger partial charge in [-0.2, -0.15) is 0 Å². The maximum atomic E-state index is 11.6. The number of phenols is 1. The zero-order chi connectivity index (χ0) is 12.3. The number of rotatable bonds is 4. The standard InChI is InChI=1S/C13H17NO3/c14-12(13(16)17-11-2-1-3-11)8-9-4-6-10(15)7-5-9/h4-7,11-12,15H,1-3,8,14H2. The summed E-state index contributed by atoms with van der Waals surface area (Å²) in [4.78, 5) is 11.6. The largest absolute Gasteiger partial charge is 0.508 e. The second-order valence-corrected chi connectivity index (χ2v) is 4.47. The Morgan fingerprint density at radius 3 is 2.59 bits per heavy atom. The van der Waals surface area contributed by atoms with Crippen LogP contribution in [0.1, 0.15) is 24.8 Å². The molecule has 3 N–H and O–H groups in total. The summed E-state index contributed by atoms with van der Waals surface area (Å²) in [7, 11) is 0.